The highest BCUT2D eigenvalue weighted by atomic mass is 19.2. The van der Waals surface area contributed by atoms with Gasteiger partial charge in [0.25, 0.3) is 5.91 Å². The second-order valence-electron chi connectivity index (χ2n) is 3.80. The number of hydrogen-bond acceptors (Lipinski definition) is 3. The van der Waals surface area contributed by atoms with E-state index in [1.54, 1.807) is 0 Å². The highest BCUT2D eigenvalue weighted by Crippen LogP contribution is 2.20. The first kappa shape index (κ1) is 11.8. The van der Waals surface area contributed by atoms with Crippen molar-refractivity contribution in [1.82, 2.24) is 5.06 Å². The first-order chi connectivity index (χ1) is 8.09. The molecule has 0 bridgehead atoms. The Hall–Kier alpha value is -1.69. The van der Waals surface area contributed by atoms with Crippen molar-refractivity contribution in [2.24, 2.45) is 0 Å². The lowest BCUT2D eigenvalue weighted by molar-refractivity contribution is -0.144. The minimum Gasteiger partial charge on any atom is -0.398 e. The first-order valence-corrected chi connectivity index (χ1v) is 5.29. The lowest BCUT2D eigenvalue weighted by Gasteiger charge is -2.26. The first-order valence-electron chi connectivity index (χ1n) is 5.29. The minimum atomic E-state index is -1.10. The fourth-order valence-electron chi connectivity index (χ4n) is 1.64. The fraction of sp³-hybridized carbons (Fsp3) is 0.364. The lowest BCUT2D eigenvalue weighted by atomic mass is 10.1. The van der Waals surface area contributed by atoms with Crippen molar-refractivity contribution in [2.45, 2.75) is 12.8 Å². The van der Waals surface area contributed by atoms with Crippen LogP contribution in [0.15, 0.2) is 12.1 Å². The van der Waals surface area contributed by atoms with Crippen LogP contribution in [0.2, 0.25) is 0 Å². The highest BCUT2D eigenvalue weighted by Gasteiger charge is 2.22. The average molecular weight is 242 g/mol. The summed E-state index contributed by atoms with van der Waals surface area (Å²) < 4.78 is 25.9. The summed E-state index contributed by atoms with van der Waals surface area (Å²) in [5.41, 5.74) is 5.32. The van der Waals surface area contributed by atoms with Crippen LogP contribution in [0.1, 0.15) is 23.2 Å². The van der Waals surface area contributed by atoms with Crippen LogP contribution in [0, 0.1) is 11.6 Å². The van der Waals surface area contributed by atoms with E-state index >= 15 is 0 Å². The number of hydroxylamine groups is 2. The predicted octanol–water partition coefficient (Wildman–Crippen LogP) is 1.71. The van der Waals surface area contributed by atoms with Gasteiger partial charge in [-0.15, -0.1) is 0 Å². The number of amides is 1. The van der Waals surface area contributed by atoms with E-state index < -0.39 is 17.5 Å². The number of carbonyl (C=O) groups is 1. The smallest absolute Gasteiger partial charge is 0.279 e. The average Bonchev–Trinajstić information content (AvgIpc) is 2.34. The van der Waals surface area contributed by atoms with Crippen molar-refractivity contribution < 1.29 is 18.4 Å². The Morgan fingerprint density at radius 3 is 2.65 bits per heavy atom. The van der Waals surface area contributed by atoms with Crippen LogP contribution >= 0.6 is 0 Å². The Morgan fingerprint density at radius 1 is 1.29 bits per heavy atom. The second-order valence-corrected chi connectivity index (χ2v) is 3.80. The number of nitrogens with zero attached hydrogens (tertiary/aromatic N) is 1. The van der Waals surface area contributed by atoms with Gasteiger partial charge in [-0.25, -0.2) is 13.8 Å². The normalized spacial score (nSPS) is 16.0. The third kappa shape index (κ3) is 2.36. The molecule has 6 heteroatoms. The Balaban J connectivity index is 2.26. The summed E-state index contributed by atoms with van der Waals surface area (Å²) in [7, 11) is 0. The summed E-state index contributed by atoms with van der Waals surface area (Å²) in [6.07, 6.45) is 1.69. The van der Waals surface area contributed by atoms with Gasteiger partial charge in [0.15, 0.2) is 11.6 Å². The molecule has 0 spiro atoms. The summed E-state index contributed by atoms with van der Waals surface area (Å²) >= 11 is 0. The van der Waals surface area contributed by atoms with Crippen molar-refractivity contribution in [3.8, 4) is 0 Å². The molecular formula is C11H12F2N2O2. The number of halogens is 2. The standard InChI is InChI=1S/C11H12F2N2O2/c12-8-5-7(10(14)6-9(8)13)11(16)15-3-1-2-4-17-15/h5-6H,1-4,14H2. The maximum absolute atomic E-state index is 13.0. The molecule has 2 N–H and O–H groups in total. The van der Waals surface area contributed by atoms with Crippen LogP contribution in [-0.4, -0.2) is 24.1 Å². The van der Waals surface area contributed by atoms with Crippen LogP contribution in [0.25, 0.3) is 0 Å². The summed E-state index contributed by atoms with van der Waals surface area (Å²) in [6, 6.07) is 1.59. The third-order valence-corrected chi connectivity index (χ3v) is 2.55. The molecule has 0 atom stereocenters. The van der Waals surface area contributed by atoms with Crippen molar-refractivity contribution in [3.05, 3.63) is 29.3 Å². The zero-order valence-corrected chi connectivity index (χ0v) is 9.08. The zero-order chi connectivity index (χ0) is 12.4. The summed E-state index contributed by atoms with van der Waals surface area (Å²) in [4.78, 5) is 17.0. The molecule has 0 saturated carbocycles. The van der Waals surface area contributed by atoms with Gasteiger partial charge in [0.1, 0.15) is 0 Å². The fourth-order valence-corrected chi connectivity index (χ4v) is 1.64. The number of hydrogen-bond donors (Lipinski definition) is 1. The van der Waals surface area contributed by atoms with Gasteiger partial charge in [-0.3, -0.25) is 9.63 Å². The van der Waals surface area contributed by atoms with Gasteiger partial charge in [0, 0.05) is 18.3 Å². The molecule has 1 aliphatic heterocycles. The molecule has 1 fully saturated rings. The molecule has 2 rings (SSSR count). The quantitative estimate of drug-likeness (QED) is 0.763. The van der Waals surface area contributed by atoms with E-state index in [2.05, 4.69) is 0 Å². The van der Waals surface area contributed by atoms with Crippen LogP contribution in [0.3, 0.4) is 0 Å². The van der Waals surface area contributed by atoms with Crippen LogP contribution < -0.4 is 5.73 Å². The van der Waals surface area contributed by atoms with Gasteiger partial charge < -0.3 is 5.73 Å². The van der Waals surface area contributed by atoms with Gasteiger partial charge >= 0.3 is 0 Å². The van der Waals surface area contributed by atoms with E-state index in [1.165, 1.54) is 0 Å². The molecule has 0 unspecified atom stereocenters. The molecule has 1 amide bonds. The number of benzene rings is 1. The third-order valence-electron chi connectivity index (χ3n) is 2.55. The van der Waals surface area contributed by atoms with Gasteiger partial charge in [-0.05, 0) is 18.9 Å². The van der Waals surface area contributed by atoms with E-state index in [1.807, 2.05) is 0 Å². The Kier molecular flexibility index (Phi) is 3.23. The number of nitrogens with two attached hydrogens (primary N) is 1. The molecular weight excluding hydrogens is 230 g/mol. The van der Waals surface area contributed by atoms with Crippen molar-refractivity contribution in [3.63, 3.8) is 0 Å². The highest BCUT2D eigenvalue weighted by molar-refractivity contribution is 5.98. The maximum atomic E-state index is 13.0. The van der Waals surface area contributed by atoms with Crippen LogP contribution in [-0.2, 0) is 4.84 Å². The van der Waals surface area contributed by atoms with Crippen LogP contribution in [0.5, 0.6) is 0 Å². The van der Waals surface area contributed by atoms with Gasteiger partial charge in [-0.1, -0.05) is 0 Å². The number of nitrogen functional groups attached to an aromatic ring is 1. The number of rotatable bonds is 1. The molecule has 0 aliphatic carbocycles. The van der Waals surface area contributed by atoms with Crippen molar-refractivity contribution >= 4 is 11.6 Å². The Bertz CT molecular complexity index is 445. The van der Waals surface area contributed by atoms with Crippen molar-refractivity contribution in [1.29, 1.82) is 0 Å². The Labute approximate surface area is 96.9 Å². The molecule has 4 nitrogen and oxygen atoms in total. The number of carbonyl (C=O) groups excluding carboxylic acids is 1. The van der Waals surface area contributed by atoms with Gasteiger partial charge in [-0.2, -0.15) is 0 Å². The van der Waals surface area contributed by atoms with Crippen LogP contribution in [0.4, 0.5) is 14.5 Å². The molecule has 1 aromatic rings. The second kappa shape index (κ2) is 4.67. The van der Waals surface area contributed by atoms with E-state index in [0.717, 1.165) is 30.0 Å². The molecule has 0 aromatic heterocycles. The van der Waals surface area contributed by atoms with E-state index in [0.29, 0.717) is 13.2 Å². The van der Waals surface area contributed by atoms with E-state index in [4.69, 9.17) is 10.6 Å². The Morgan fingerprint density at radius 2 is 2.00 bits per heavy atom. The molecule has 1 aliphatic rings. The molecule has 1 aromatic carbocycles. The maximum Gasteiger partial charge on any atom is 0.279 e. The topological polar surface area (TPSA) is 55.6 Å². The monoisotopic (exact) mass is 242 g/mol. The minimum absolute atomic E-state index is 0.0780. The molecule has 17 heavy (non-hydrogen) atoms. The predicted molar refractivity (Wildman–Crippen MR) is 57.0 cm³/mol. The summed E-state index contributed by atoms with van der Waals surface area (Å²) in [5.74, 6) is -2.71. The summed E-state index contributed by atoms with van der Waals surface area (Å²) in [5, 5.41) is 1.13. The van der Waals surface area contributed by atoms with Crippen molar-refractivity contribution in [2.75, 3.05) is 18.9 Å². The van der Waals surface area contributed by atoms with E-state index in [9.17, 15) is 13.6 Å². The molecule has 1 saturated heterocycles. The van der Waals surface area contributed by atoms with Gasteiger partial charge in [0.2, 0.25) is 0 Å². The molecule has 92 valence electrons. The SMILES string of the molecule is Nc1cc(F)c(F)cc1C(=O)N1CCCCO1. The number of anilines is 1. The van der Waals surface area contributed by atoms with E-state index in [-0.39, 0.29) is 11.3 Å². The van der Waals surface area contributed by atoms with Gasteiger partial charge in [0.05, 0.1) is 12.2 Å². The largest absolute Gasteiger partial charge is 0.398 e. The molecule has 1 heterocycles. The lowest BCUT2D eigenvalue weighted by Crippen LogP contribution is -2.36. The zero-order valence-electron chi connectivity index (χ0n) is 9.08. The molecule has 0 radical (unpaired) electrons. The summed E-state index contributed by atoms with van der Waals surface area (Å²) in [6.45, 7) is 0.868.